The number of imide groups is 1. The van der Waals surface area contributed by atoms with E-state index in [1.807, 2.05) is 19.1 Å². The Balaban J connectivity index is 1.57. The summed E-state index contributed by atoms with van der Waals surface area (Å²) in [6.07, 6.45) is 6.69. The van der Waals surface area contributed by atoms with Crippen LogP contribution in [0.4, 0.5) is 0 Å². The van der Waals surface area contributed by atoms with Crippen molar-refractivity contribution in [1.82, 2.24) is 5.01 Å². The molecule has 1 aliphatic heterocycles. The van der Waals surface area contributed by atoms with Gasteiger partial charge in [-0.25, -0.2) is 0 Å². The van der Waals surface area contributed by atoms with Crippen LogP contribution in [0.5, 0.6) is 5.75 Å². The summed E-state index contributed by atoms with van der Waals surface area (Å²) in [5.74, 6) is 0.543. The Morgan fingerprint density at radius 1 is 1.16 bits per heavy atom. The fourth-order valence-corrected chi connectivity index (χ4v) is 6.19. The first kappa shape index (κ1) is 17.4. The Bertz CT molecular complexity index is 768. The zero-order valence-electron chi connectivity index (χ0n) is 13.5. The maximum Gasteiger partial charge on any atom is 0.254 e. The van der Waals surface area contributed by atoms with Crippen molar-refractivity contribution in [3.05, 3.63) is 37.0 Å². The van der Waals surface area contributed by atoms with Crippen LogP contribution in [0.15, 0.2) is 29.4 Å². The largest absolute Gasteiger partial charge is 0.492 e. The molecule has 2 amide bonds. The summed E-state index contributed by atoms with van der Waals surface area (Å²) < 4.78 is 7.59. The standard InChI is InChI=1S/C18H16I2N2O3/c1-2-25-16-12(19)5-9(6-13(16)20)8-21-22-17(23)14-10-3-4-11(7-10)15(14)18(22)24/h3-6,8,10-11,14-15H,2,7H2,1H3/t10-,11-,14-,15+/m0/s1. The Morgan fingerprint density at radius 2 is 1.72 bits per heavy atom. The van der Waals surface area contributed by atoms with Crippen LogP contribution in [0.3, 0.4) is 0 Å². The lowest BCUT2D eigenvalue weighted by atomic mass is 9.85. The van der Waals surface area contributed by atoms with Crippen molar-refractivity contribution in [2.75, 3.05) is 6.61 Å². The third-order valence-corrected chi connectivity index (χ3v) is 6.68. The molecular weight excluding hydrogens is 546 g/mol. The van der Waals surface area contributed by atoms with Crippen molar-refractivity contribution < 1.29 is 14.3 Å². The summed E-state index contributed by atoms with van der Waals surface area (Å²) >= 11 is 4.44. The lowest BCUT2D eigenvalue weighted by molar-refractivity contribution is -0.140. The molecule has 0 aromatic heterocycles. The number of hydrogen-bond donors (Lipinski definition) is 0. The van der Waals surface area contributed by atoms with E-state index in [-0.39, 0.29) is 35.5 Å². The van der Waals surface area contributed by atoms with Crippen molar-refractivity contribution >= 4 is 63.2 Å². The van der Waals surface area contributed by atoms with E-state index >= 15 is 0 Å². The molecule has 130 valence electrons. The Hall–Kier alpha value is -0.970. The highest BCUT2D eigenvalue weighted by Gasteiger charge is 2.59. The second-order valence-electron chi connectivity index (χ2n) is 6.48. The van der Waals surface area contributed by atoms with Gasteiger partial charge in [-0.1, -0.05) is 12.2 Å². The van der Waals surface area contributed by atoms with Gasteiger partial charge in [0, 0.05) is 0 Å². The second-order valence-corrected chi connectivity index (χ2v) is 8.80. The zero-order valence-corrected chi connectivity index (χ0v) is 17.8. The molecule has 1 aromatic rings. The fraction of sp³-hybridized carbons (Fsp3) is 0.389. The summed E-state index contributed by atoms with van der Waals surface area (Å²) in [4.78, 5) is 25.2. The Morgan fingerprint density at radius 3 is 2.24 bits per heavy atom. The van der Waals surface area contributed by atoms with Gasteiger partial charge in [0.05, 0.1) is 31.8 Å². The van der Waals surface area contributed by atoms with Crippen LogP contribution in [-0.2, 0) is 9.59 Å². The number of ether oxygens (including phenoxy) is 1. The molecule has 2 bridgehead atoms. The predicted molar refractivity (Wildman–Crippen MR) is 110 cm³/mol. The van der Waals surface area contributed by atoms with Crippen molar-refractivity contribution in [2.24, 2.45) is 28.8 Å². The summed E-state index contributed by atoms with van der Waals surface area (Å²) in [5.41, 5.74) is 0.844. The minimum atomic E-state index is -0.208. The minimum absolute atomic E-state index is 0.154. The van der Waals surface area contributed by atoms with Gasteiger partial charge in [0.25, 0.3) is 11.8 Å². The van der Waals surface area contributed by atoms with Gasteiger partial charge in [0.2, 0.25) is 0 Å². The van der Waals surface area contributed by atoms with E-state index in [4.69, 9.17) is 4.74 Å². The van der Waals surface area contributed by atoms with Gasteiger partial charge in [-0.15, -0.1) is 0 Å². The molecule has 4 rings (SSSR count). The first-order chi connectivity index (χ1) is 12.0. The van der Waals surface area contributed by atoms with Gasteiger partial charge in [0.1, 0.15) is 5.75 Å². The summed E-state index contributed by atoms with van der Waals surface area (Å²) in [6, 6.07) is 3.88. The van der Waals surface area contributed by atoms with E-state index in [2.05, 4.69) is 62.4 Å². The maximum atomic E-state index is 12.6. The molecule has 0 radical (unpaired) electrons. The Kier molecular flexibility index (Phi) is 4.63. The van der Waals surface area contributed by atoms with Crippen LogP contribution in [0.25, 0.3) is 0 Å². The molecule has 0 N–H and O–H groups in total. The van der Waals surface area contributed by atoms with Crippen LogP contribution in [-0.4, -0.2) is 29.6 Å². The molecule has 0 unspecified atom stereocenters. The topological polar surface area (TPSA) is 59.0 Å². The molecular formula is C18H16I2N2O3. The molecule has 1 saturated heterocycles. The Labute approximate surface area is 173 Å². The number of allylic oxidation sites excluding steroid dienone is 2. The summed E-state index contributed by atoms with van der Waals surface area (Å²) in [5, 5.41) is 5.31. The SMILES string of the molecule is CCOc1c(I)cc(C=NN2C(=O)[C@@H]3[C@H](C2=O)[C@H]2C=C[C@H]3C2)cc1I. The number of carbonyl (C=O) groups is 2. The van der Waals surface area contributed by atoms with E-state index in [1.54, 1.807) is 6.21 Å². The molecule has 5 nitrogen and oxygen atoms in total. The van der Waals surface area contributed by atoms with Gasteiger partial charge < -0.3 is 4.74 Å². The number of rotatable bonds is 4. The van der Waals surface area contributed by atoms with E-state index in [0.717, 1.165) is 29.9 Å². The van der Waals surface area contributed by atoms with E-state index in [1.165, 1.54) is 0 Å². The van der Waals surface area contributed by atoms with Crippen LogP contribution in [0, 0.1) is 30.8 Å². The molecule has 7 heteroatoms. The molecule has 25 heavy (non-hydrogen) atoms. The lowest BCUT2D eigenvalue weighted by Gasteiger charge is -2.13. The molecule has 1 saturated carbocycles. The predicted octanol–water partition coefficient (Wildman–Crippen LogP) is 3.44. The summed E-state index contributed by atoms with van der Waals surface area (Å²) in [7, 11) is 0. The van der Waals surface area contributed by atoms with Gasteiger partial charge >= 0.3 is 0 Å². The number of amides is 2. The fourth-order valence-electron chi connectivity index (χ4n) is 4.06. The molecule has 0 spiro atoms. The highest BCUT2D eigenvalue weighted by Crippen LogP contribution is 2.52. The normalized spacial score (nSPS) is 30.0. The molecule has 1 aromatic carbocycles. The van der Waals surface area contributed by atoms with Gasteiger partial charge in [0.15, 0.2) is 0 Å². The number of benzene rings is 1. The third-order valence-electron chi connectivity index (χ3n) is 5.08. The molecule has 2 fully saturated rings. The molecule has 3 aliphatic rings. The first-order valence-corrected chi connectivity index (χ1v) is 10.4. The summed E-state index contributed by atoms with van der Waals surface area (Å²) in [6.45, 7) is 2.56. The van der Waals surface area contributed by atoms with Crippen molar-refractivity contribution in [1.29, 1.82) is 0 Å². The van der Waals surface area contributed by atoms with Crippen molar-refractivity contribution in [3.8, 4) is 5.75 Å². The number of halogens is 2. The molecule has 4 atom stereocenters. The number of carbonyl (C=O) groups excluding carboxylic acids is 2. The average Bonchev–Trinajstić information content (AvgIpc) is 3.24. The van der Waals surface area contributed by atoms with Crippen LogP contribution >= 0.6 is 45.2 Å². The minimum Gasteiger partial charge on any atom is -0.492 e. The number of nitrogens with zero attached hydrogens (tertiary/aromatic N) is 2. The molecule has 1 heterocycles. The van der Waals surface area contributed by atoms with Crippen LogP contribution < -0.4 is 4.74 Å². The number of hydrazone groups is 1. The van der Waals surface area contributed by atoms with E-state index in [0.29, 0.717) is 6.61 Å². The van der Waals surface area contributed by atoms with E-state index < -0.39 is 0 Å². The second kappa shape index (κ2) is 6.64. The number of fused-ring (bicyclic) bond motifs is 5. The quantitative estimate of drug-likeness (QED) is 0.245. The van der Waals surface area contributed by atoms with Crippen molar-refractivity contribution in [3.63, 3.8) is 0 Å². The zero-order chi connectivity index (χ0) is 17.7. The van der Waals surface area contributed by atoms with Gasteiger partial charge in [-0.05, 0) is 88.1 Å². The van der Waals surface area contributed by atoms with Crippen LogP contribution in [0.1, 0.15) is 18.9 Å². The van der Waals surface area contributed by atoms with Crippen LogP contribution in [0.2, 0.25) is 0 Å². The monoisotopic (exact) mass is 562 g/mol. The average molecular weight is 562 g/mol. The molecule has 2 aliphatic carbocycles. The van der Waals surface area contributed by atoms with Gasteiger partial charge in [-0.2, -0.15) is 10.1 Å². The van der Waals surface area contributed by atoms with E-state index in [9.17, 15) is 9.59 Å². The highest BCUT2D eigenvalue weighted by atomic mass is 127. The maximum absolute atomic E-state index is 12.6. The smallest absolute Gasteiger partial charge is 0.254 e. The number of hydrogen-bond acceptors (Lipinski definition) is 4. The van der Waals surface area contributed by atoms with Gasteiger partial charge in [-0.3, -0.25) is 9.59 Å². The first-order valence-electron chi connectivity index (χ1n) is 8.23. The van der Waals surface area contributed by atoms with Crippen molar-refractivity contribution in [2.45, 2.75) is 13.3 Å². The third kappa shape index (κ3) is 2.83. The highest BCUT2D eigenvalue weighted by molar-refractivity contribution is 14.1. The lowest BCUT2D eigenvalue weighted by Crippen LogP contribution is -2.28.